The zero-order chi connectivity index (χ0) is 13.1. The van der Waals surface area contributed by atoms with E-state index in [0.29, 0.717) is 12.5 Å². The second-order valence-corrected chi connectivity index (χ2v) is 5.68. The first-order valence-corrected chi connectivity index (χ1v) is 6.88. The van der Waals surface area contributed by atoms with Crippen molar-refractivity contribution in [2.45, 2.75) is 26.3 Å². The van der Waals surface area contributed by atoms with Gasteiger partial charge in [-0.15, -0.1) is 0 Å². The Bertz CT molecular complexity index is 438. The standard InChI is InChI=1S/C12H17BrN4O/c1-8(2)5-10-12(18)15-3-4-17(10)11-9(13)6-14-7-16-11/h6-8,10H,3-5H2,1-2H3,(H,15,18)/t10-/m0/s1. The fraction of sp³-hybridized carbons (Fsp3) is 0.583. The van der Waals surface area contributed by atoms with Gasteiger partial charge in [0.1, 0.15) is 18.2 Å². The Balaban J connectivity index is 2.28. The molecule has 1 saturated heterocycles. The second kappa shape index (κ2) is 5.65. The number of amides is 1. The molecule has 6 heteroatoms. The van der Waals surface area contributed by atoms with Crippen LogP contribution in [0.3, 0.4) is 0 Å². The highest BCUT2D eigenvalue weighted by Crippen LogP contribution is 2.27. The monoisotopic (exact) mass is 312 g/mol. The molecule has 5 nitrogen and oxygen atoms in total. The smallest absolute Gasteiger partial charge is 0.242 e. The molecule has 2 heterocycles. The maximum atomic E-state index is 12.0. The van der Waals surface area contributed by atoms with Crippen molar-refractivity contribution in [3.8, 4) is 0 Å². The predicted molar refractivity (Wildman–Crippen MR) is 73.3 cm³/mol. The van der Waals surface area contributed by atoms with Crippen LogP contribution in [0, 0.1) is 5.92 Å². The molecule has 2 rings (SSSR count). The van der Waals surface area contributed by atoms with Gasteiger partial charge in [-0.25, -0.2) is 9.97 Å². The zero-order valence-corrected chi connectivity index (χ0v) is 12.1. The molecule has 1 amide bonds. The van der Waals surface area contributed by atoms with E-state index in [1.165, 1.54) is 6.33 Å². The van der Waals surface area contributed by atoms with Crippen molar-refractivity contribution in [2.75, 3.05) is 18.0 Å². The third kappa shape index (κ3) is 2.80. The summed E-state index contributed by atoms with van der Waals surface area (Å²) in [4.78, 5) is 22.3. The normalized spacial score (nSPS) is 20.1. The molecule has 0 unspecified atom stereocenters. The minimum atomic E-state index is -0.148. The predicted octanol–water partition coefficient (Wildman–Crippen LogP) is 1.59. The lowest BCUT2D eigenvalue weighted by molar-refractivity contribution is -0.123. The number of halogens is 1. The lowest BCUT2D eigenvalue weighted by atomic mass is 10.00. The van der Waals surface area contributed by atoms with Crippen LogP contribution < -0.4 is 10.2 Å². The summed E-state index contributed by atoms with van der Waals surface area (Å²) in [6.45, 7) is 5.67. The fourth-order valence-electron chi connectivity index (χ4n) is 2.17. The summed E-state index contributed by atoms with van der Waals surface area (Å²) in [7, 11) is 0. The summed E-state index contributed by atoms with van der Waals surface area (Å²) >= 11 is 3.45. The molecule has 0 bridgehead atoms. The van der Waals surface area contributed by atoms with Crippen LogP contribution in [0.5, 0.6) is 0 Å². The van der Waals surface area contributed by atoms with E-state index < -0.39 is 0 Å². The van der Waals surface area contributed by atoms with Gasteiger partial charge >= 0.3 is 0 Å². The third-order valence-corrected chi connectivity index (χ3v) is 3.51. The molecule has 0 aromatic carbocycles. The average Bonchev–Trinajstić information content (AvgIpc) is 2.32. The summed E-state index contributed by atoms with van der Waals surface area (Å²) < 4.78 is 0.827. The van der Waals surface area contributed by atoms with E-state index in [1.54, 1.807) is 6.20 Å². The summed E-state index contributed by atoms with van der Waals surface area (Å²) in [5.74, 6) is 1.34. The highest BCUT2D eigenvalue weighted by Gasteiger charge is 2.31. The van der Waals surface area contributed by atoms with Gasteiger partial charge < -0.3 is 10.2 Å². The van der Waals surface area contributed by atoms with Crippen molar-refractivity contribution in [3.63, 3.8) is 0 Å². The Hall–Kier alpha value is -1.17. The van der Waals surface area contributed by atoms with E-state index in [4.69, 9.17) is 0 Å². The minimum Gasteiger partial charge on any atom is -0.353 e. The number of hydrogen-bond donors (Lipinski definition) is 1. The maximum absolute atomic E-state index is 12.0. The van der Waals surface area contributed by atoms with Gasteiger partial charge in [-0.05, 0) is 28.3 Å². The molecule has 98 valence electrons. The van der Waals surface area contributed by atoms with Crippen LogP contribution in [0.25, 0.3) is 0 Å². The third-order valence-electron chi connectivity index (χ3n) is 2.95. The molecule has 18 heavy (non-hydrogen) atoms. The Labute approximate surface area is 115 Å². The van der Waals surface area contributed by atoms with Crippen molar-refractivity contribution >= 4 is 27.7 Å². The lowest BCUT2D eigenvalue weighted by Gasteiger charge is -2.37. The minimum absolute atomic E-state index is 0.0838. The highest BCUT2D eigenvalue weighted by atomic mass is 79.9. The maximum Gasteiger partial charge on any atom is 0.242 e. The molecule has 1 aliphatic heterocycles. The Morgan fingerprint density at radius 2 is 2.39 bits per heavy atom. The number of anilines is 1. The van der Waals surface area contributed by atoms with Crippen molar-refractivity contribution in [1.82, 2.24) is 15.3 Å². The largest absolute Gasteiger partial charge is 0.353 e. The van der Waals surface area contributed by atoms with Crippen molar-refractivity contribution in [3.05, 3.63) is 17.0 Å². The number of piperazine rings is 1. The molecule has 1 atom stereocenters. The molecule has 0 aliphatic carbocycles. The van der Waals surface area contributed by atoms with Crippen molar-refractivity contribution < 1.29 is 4.79 Å². The average molecular weight is 313 g/mol. The topological polar surface area (TPSA) is 58.1 Å². The van der Waals surface area contributed by atoms with Crippen molar-refractivity contribution in [2.24, 2.45) is 5.92 Å². The first-order valence-electron chi connectivity index (χ1n) is 6.09. The lowest BCUT2D eigenvalue weighted by Crippen LogP contribution is -2.56. The number of nitrogens with zero attached hydrogens (tertiary/aromatic N) is 3. The van der Waals surface area contributed by atoms with Crippen LogP contribution in [-0.4, -0.2) is 35.0 Å². The summed E-state index contributed by atoms with van der Waals surface area (Å²) in [5, 5.41) is 2.92. The van der Waals surface area contributed by atoms with E-state index in [0.717, 1.165) is 23.3 Å². The highest BCUT2D eigenvalue weighted by molar-refractivity contribution is 9.10. The van der Waals surface area contributed by atoms with Gasteiger partial charge in [0.15, 0.2) is 0 Å². The van der Waals surface area contributed by atoms with E-state index in [-0.39, 0.29) is 11.9 Å². The molecular weight excluding hydrogens is 296 g/mol. The van der Waals surface area contributed by atoms with Gasteiger partial charge in [0.2, 0.25) is 5.91 Å². The molecule has 0 radical (unpaired) electrons. The zero-order valence-electron chi connectivity index (χ0n) is 10.6. The van der Waals surface area contributed by atoms with E-state index in [9.17, 15) is 4.79 Å². The SMILES string of the molecule is CC(C)C[C@H]1C(=O)NCCN1c1ncncc1Br. The molecular formula is C12H17BrN4O. The van der Waals surface area contributed by atoms with Gasteiger partial charge in [0.05, 0.1) is 4.47 Å². The van der Waals surface area contributed by atoms with Crippen LogP contribution >= 0.6 is 15.9 Å². The molecule has 1 fully saturated rings. The number of nitrogens with one attached hydrogen (secondary N) is 1. The van der Waals surface area contributed by atoms with Gasteiger partial charge in [0, 0.05) is 19.3 Å². The van der Waals surface area contributed by atoms with Crippen LogP contribution in [0.15, 0.2) is 17.0 Å². The van der Waals surface area contributed by atoms with Crippen LogP contribution in [-0.2, 0) is 4.79 Å². The summed E-state index contributed by atoms with van der Waals surface area (Å²) in [6.07, 6.45) is 4.04. The Morgan fingerprint density at radius 1 is 1.61 bits per heavy atom. The second-order valence-electron chi connectivity index (χ2n) is 4.82. The number of hydrogen-bond acceptors (Lipinski definition) is 4. The summed E-state index contributed by atoms with van der Waals surface area (Å²) in [6, 6.07) is -0.148. The van der Waals surface area contributed by atoms with E-state index in [1.807, 2.05) is 0 Å². The molecule has 0 saturated carbocycles. The fourth-order valence-corrected chi connectivity index (χ4v) is 2.61. The molecule has 1 N–H and O–H groups in total. The quantitative estimate of drug-likeness (QED) is 0.921. The van der Waals surface area contributed by atoms with Gasteiger partial charge in [-0.2, -0.15) is 0 Å². The van der Waals surface area contributed by atoms with Crippen LogP contribution in [0.2, 0.25) is 0 Å². The first-order chi connectivity index (χ1) is 8.59. The molecule has 0 spiro atoms. The van der Waals surface area contributed by atoms with Crippen LogP contribution in [0.1, 0.15) is 20.3 Å². The number of rotatable bonds is 3. The van der Waals surface area contributed by atoms with Gasteiger partial charge in [-0.3, -0.25) is 4.79 Å². The number of aromatic nitrogens is 2. The van der Waals surface area contributed by atoms with Gasteiger partial charge in [0.25, 0.3) is 0 Å². The number of carbonyl (C=O) groups excluding carboxylic acids is 1. The molecule has 1 aliphatic rings. The Morgan fingerprint density at radius 3 is 3.06 bits per heavy atom. The van der Waals surface area contributed by atoms with Crippen molar-refractivity contribution in [1.29, 1.82) is 0 Å². The molecule has 1 aromatic heterocycles. The number of carbonyl (C=O) groups is 1. The van der Waals surface area contributed by atoms with E-state index >= 15 is 0 Å². The first kappa shape index (κ1) is 13.3. The summed E-state index contributed by atoms with van der Waals surface area (Å²) in [5.41, 5.74) is 0. The van der Waals surface area contributed by atoms with Gasteiger partial charge in [-0.1, -0.05) is 13.8 Å². The van der Waals surface area contributed by atoms with Crippen LogP contribution in [0.4, 0.5) is 5.82 Å². The molecule has 1 aromatic rings. The van der Waals surface area contributed by atoms with E-state index in [2.05, 4.69) is 50.0 Å². The Kier molecular flexibility index (Phi) is 4.16.